The monoisotopic (exact) mass is 334 g/mol. The summed E-state index contributed by atoms with van der Waals surface area (Å²) >= 11 is 0. The van der Waals surface area contributed by atoms with Crippen molar-refractivity contribution in [1.82, 2.24) is 5.01 Å². The van der Waals surface area contributed by atoms with E-state index in [1.54, 1.807) is 6.92 Å². The Labute approximate surface area is 148 Å². The largest absolute Gasteiger partial charge is 0.463 e. The summed E-state index contributed by atoms with van der Waals surface area (Å²) in [5.74, 6) is -0.338. The molecule has 25 heavy (non-hydrogen) atoms. The van der Waals surface area contributed by atoms with Crippen molar-refractivity contribution in [1.29, 1.82) is 0 Å². The predicted molar refractivity (Wildman–Crippen MR) is 99.0 cm³/mol. The number of benzene rings is 2. The molecule has 0 saturated heterocycles. The lowest BCUT2D eigenvalue weighted by Crippen LogP contribution is -2.18. The molecule has 3 rings (SSSR count). The summed E-state index contributed by atoms with van der Waals surface area (Å²) < 4.78 is 5.03. The molecule has 0 fully saturated rings. The first kappa shape index (κ1) is 17.0. The molecular weight excluding hydrogens is 312 g/mol. The highest BCUT2D eigenvalue weighted by molar-refractivity contribution is 6.02. The average Bonchev–Trinajstić information content (AvgIpc) is 3.09. The Morgan fingerprint density at radius 1 is 1.16 bits per heavy atom. The number of allylic oxidation sites excluding steroid dienone is 1. The molecule has 0 bridgehead atoms. The third-order valence-electron chi connectivity index (χ3n) is 4.18. The summed E-state index contributed by atoms with van der Waals surface area (Å²) in [6, 6.07) is 20.5. The Morgan fingerprint density at radius 2 is 1.80 bits per heavy atom. The Hall–Kier alpha value is -2.88. The lowest BCUT2D eigenvalue weighted by atomic mass is 9.98. The summed E-state index contributed by atoms with van der Waals surface area (Å²) in [6.45, 7) is 4.06. The first-order valence-corrected chi connectivity index (χ1v) is 8.51. The zero-order valence-electron chi connectivity index (χ0n) is 14.6. The fourth-order valence-corrected chi connectivity index (χ4v) is 3.00. The van der Waals surface area contributed by atoms with Gasteiger partial charge in [-0.15, -0.1) is 0 Å². The summed E-state index contributed by atoms with van der Waals surface area (Å²) in [6.07, 6.45) is 2.30. The molecule has 0 amide bonds. The van der Waals surface area contributed by atoms with Crippen LogP contribution in [0.2, 0.25) is 0 Å². The van der Waals surface area contributed by atoms with Crippen molar-refractivity contribution in [3.8, 4) is 0 Å². The van der Waals surface area contributed by atoms with Crippen LogP contribution in [0.1, 0.15) is 37.4 Å². The number of hydrazone groups is 1. The van der Waals surface area contributed by atoms with Crippen LogP contribution in [0.4, 0.5) is 0 Å². The van der Waals surface area contributed by atoms with Gasteiger partial charge in [0.1, 0.15) is 0 Å². The van der Waals surface area contributed by atoms with Gasteiger partial charge in [0.25, 0.3) is 0 Å². The zero-order chi connectivity index (χ0) is 17.6. The predicted octanol–water partition coefficient (Wildman–Crippen LogP) is 4.30. The molecule has 128 valence electrons. The number of hydrogen-bond donors (Lipinski definition) is 0. The van der Waals surface area contributed by atoms with Gasteiger partial charge in [-0.25, -0.2) is 4.79 Å². The van der Waals surface area contributed by atoms with Gasteiger partial charge in [0.2, 0.25) is 0 Å². The van der Waals surface area contributed by atoms with E-state index in [0.29, 0.717) is 6.61 Å². The fraction of sp³-hybridized carbons (Fsp3) is 0.238. The normalized spacial score (nSPS) is 17.4. The topological polar surface area (TPSA) is 41.9 Å². The Kier molecular flexibility index (Phi) is 5.29. The molecule has 2 aromatic rings. The van der Waals surface area contributed by atoms with Crippen LogP contribution in [0, 0.1) is 0 Å². The number of carbonyl (C=O) groups is 1. The Balaban J connectivity index is 1.94. The number of nitrogens with zero attached hydrogens (tertiary/aromatic N) is 2. The van der Waals surface area contributed by atoms with E-state index >= 15 is 0 Å². The highest BCUT2D eigenvalue weighted by Gasteiger charge is 2.29. The van der Waals surface area contributed by atoms with Crippen LogP contribution in [-0.4, -0.2) is 23.3 Å². The van der Waals surface area contributed by atoms with Crippen molar-refractivity contribution in [3.05, 3.63) is 83.6 Å². The second-order valence-electron chi connectivity index (χ2n) is 5.93. The maximum absolute atomic E-state index is 11.8. The van der Waals surface area contributed by atoms with Crippen LogP contribution in [0.3, 0.4) is 0 Å². The number of ether oxygens (including phenoxy) is 1. The standard InChI is InChI=1S/C21H22N2O2/c1-3-25-21(24)14-16(2)23-20(18-12-8-5-9-13-18)15-19(22-23)17-10-6-4-7-11-17/h4-14,20H,3,15H2,1-2H3/b16-14+/t20-/m1/s1. The van der Waals surface area contributed by atoms with Crippen LogP contribution in [0.15, 0.2) is 77.5 Å². The highest BCUT2D eigenvalue weighted by atomic mass is 16.5. The van der Waals surface area contributed by atoms with Crippen LogP contribution in [0.5, 0.6) is 0 Å². The van der Waals surface area contributed by atoms with Crippen molar-refractivity contribution >= 4 is 11.7 Å². The van der Waals surface area contributed by atoms with Gasteiger partial charge < -0.3 is 4.74 Å². The summed E-state index contributed by atoms with van der Waals surface area (Å²) in [5, 5.41) is 6.73. The number of carbonyl (C=O) groups excluding carboxylic acids is 1. The highest BCUT2D eigenvalue weighted by Crippen LogP contribution is 2.35. The van der Waals surface area contributed by atoms with Crippen LogP contribution in [0.25, 0.3) is 0 Å². The van der Waals surface area contributed by atoms with Crippen LogP contribution in [-0.2, 0) is 9.53 Å². The molecule has 0 saturated carbocycles. The summed E-state index contributed by atoms with van der Waals surface area (Å²) in [5.41, 5.74) is 4.08. The average molecular weight is 334 g/mol. The lowest BCUT2D eigenvalue weighted by Gasteiger charge is -2.24. The first-order chi connectivity index (χ1) is 12.2. The molecular formula is C21H22N2O2. The van der Waals surface area contributed by atoms with Crippen molar-refractivity contribution in [2.75, 3.05) is 6.61 Å². The fourth-order valence-electron chi connectivity index (χ4n) is 3.00. The van der Waals surface area contributed by atoms with Crippen LogP contribution >= 0.6 is 0 Å². The lowest BCUT2D eigenvalue weighted by molar-refractivity contribution is -0.137. The number of esters is 1. The summed E-state index contributed by atoms with van der Waals surface area (Å²) in [7, 11) is 0. The Morgan fingerprint density at radius 3 is 2.44 bits per heavy atom. The van der Waals surface area contributed by atoms with Gasteiger partial charge in [-0.3, -0.25) is 5.01 Å². The van der Waals surface area contributed by atoms with E-state index in [0.717, 1.165) is 23.4 Å². The SMILES string of the molecule is CCOC(=O)/C=C(\C)N1N=C(c2ccccc2)C[C@@H]1c1ccccc1. The molecule has 0 aliphatic carbocycles. The zero-order valence-corrected chi connectivity index (χ0v) is 14.6. The molecule has 2 aromatic carbocycles. The number of rotatable bonds is 5. The maximum Gasteiger partial charge on any atom is 0.332 e. The molecule has 1 aliphatic rings. The van der Waals surface area contributed by atoms with E-state index in [4.69, 9.17) is 9.84 Å². The minimum Gasteiger partial charge on any atom is -0.463 e. The number of hydrogen-bond acceptors (Lipinski definition) is 4. The van der Waals surface area contributed by atoms with Gasteiger partial charge >= 0.3 is 5.97 Å². The van der Waals surface area contributed by atoms with E-state index < -0.39 is 0 Å². The van der Waals surface area contributed by atoms with Gasteiger partial charge in [0.05, 0.1) is 18.4 Å². The first-order valence-electron chi connectivity index (χ1n) is 8.51. The molecule has 4 nitrogen and oxygen atoms in total. The van der Waals surface area contributed by atoms with Gasteiger partial charge in [-0.05, 0) is 25.0 Å². The van der Waals surface area contributed by atoms with E-state index in [1.807, 2.05) is 48.3 Å². The van der Waals surface area contributed by atoms with Crippen molar-refractivity contribution in [2.24, 2.45) is 5.10 Å². The molecule has 0 N–H and O–H groups in total. The maximum atomic E-state index is 11.8. The molecule has 0 unspecified atom stereocenters. The molecule has 1 heterocycles. The smallest absolute Gasteiger partial charge is 0.332 e. The molecule has 1 aliphatic heterocycles. The van der Waals surface area contributed by atoms with E-state index in [2.05, 4.69) is 24.3 Å². The van der Waals surface area contributed by atoms with E-state index in [9.17, 15) is 4.79 Å². The second kappa shape index (κ2) is 7.79. The molecule has 1 atom stereocenters. The van der Waals surface area contributed by atoms with E-state index in [1.165, 1.54) is 11.6 Å². The van der Waals surface area contributed by atoms with Crippen LogP contribution < -0.4 is 0 Å². The second-order valence-corrected chi connectivity index (χ2v) is 5.93. The molecule has 0 spiro atoms. The van der Waals surface area contributed by atoms with Gasteiger partial charge in [0, 0.05) is 18.2 Å². The van der Waals surface area contributed by atoms with Crippen molar-refractivity contribution in [2.45, 2.75) is 26.3 Å². The molecule has 4 heteroatoms. The minimum absolute atomic E-state index is 0.0714. The van der Waals surface area contributed by atoms with Crippen molar-refractivity contribution < 1.29 is 9.53 Å². The third kappa shape index (κ3) is 3.97. The summed E-state index contributed by atoms with van der Waals surface area (Å²) in [4.78, 5) is 11.8. The molecule has 0 aromatic heterocycles. The van der Waals surface area contributed by atoms with Crippen molar-refractivity contribution in [3.63, 3.8) is 0 Å². The van der Waals surface area contributed by atoms with Gasteiger partial charge in [-0.2, -0.15) is 5.10 Å². The third-order valence-corrected chi connectivity index (χ3v) is 4.18. The quantitative estimate of drug-likeness (QED) is 0.604. The van der Waals surface area contributed by atoms with Gasteiger partial charge in [0.15, 0.2) is 0 Å². The molecule has 0 radical (unpaired) electrons. The Bertz CT molecular complexity index is 782. The minimum atomic E-state index is -0.338. The van der Waals surface area contributed by atoms with E-state index in [-0.39, 0.29) is 12.0 Å². The van der Waals surface area contributed by atoms with Gasteiger partial charge in [-0.1, -0.05) is 60.7 Å².